The van der Waals surface area contributed by atoms with E-state index in [1.165, 1.54) is 0 Å². The van der Waals surface area contributed by atoms with Gasteiger partial charge in [0.2, 0.25) is 11.8 Å². The highest BCUT2D eigenvalue weighted by Crippen LogP contribution is 2.36. The van der Waals surface area contributed by atoms with Crippen molar-refractivity contribution >= 4 is 46.8 Å². The Hall–Kier alpha value is -5.19. The zero-order valence-corrected chi connectivity index (χ0v) is 29.3. The number of aromatic nitrogens is 1. The van der Waals surface area contributed by atoms with Gasteiger partial charge in [0.25, 0.3) is 0 Å². The number of ketones is 1. The van der Waals surface area contributed by atoms with Crippen LogP contribution in [0.3, 0.4) is 0 Å². The summed E-state index contributed by atoms with van der Waals surface area (Å²) in [5.41, 5.74) is 4.04. The summed E-state index contributed by atoms with van der Waals surface area (Å²) in [6.07, 6.45) is 4.66. The van der Waals surface area contributed by atoms with Crippen molar-refractivity contribution in [1.29, 1.82) is 0 Å². The molecule has 0 spiro atoms. The molecule has 3 aliphatic rings. The molecule has 3 heterocycles. The Balaban J connectivity index is 0.00000261. The van der Waals surface area contributed by atoms with Crippen LogP contribution in [-0.4, -0.2) is 91.2 Å². The van der Waals surface area contributed by atoms with Crippen LogP contribution in [0.1, 0.15) is 39.9 Å². The SMILES string of the molecule is C=CCN1CC(=O)N2[C@@H](Cc3ccc(OSN)cc3)C(=O)N(Cc3cccc4c(C(=O)C5CC5)c[nH]c34)C[C@@H]2N1C(=O)NCc1ccccc1.O.O. The summed E-state index contributed by atoms with van der Waals surface area (Å²) in [6.45, 7) is 4.62. The van der Waals surface area contributed by atoms with E-state index in [1.807, 2.05) is 60.7 Å². The van der Waals surface area contributed by atoms with E-state index >= 15 is 0 Å². The molecular formula is C37H43N7O7S. The van der Waals surface area contributed by atoms with Gasteiger partial charge in [-0.05, 0) is 41.7 Å². The smallest absolute Gasteiger partial charge is 0.334 e. The number of piperazine rings is 1. The van der Waals surface area contributed by atoms with Crippen LogP contribution in [-0.2, 0) is 29.1 Å². The minimum absolute atomic E-state index is 0. The molecule has 274 valence electrons. The number of rotatable bonds is 12. The van der Waals surface area contributed by atoms with Crippen LogP contribution in [0.25, 0.3) is 10.9 Å². The van der Waals surface area contributed by atoms with Crippen LogP contribution in [0.5, 0.6) is 5.75 Å². The van der Waals surface area contributed by atoms with E-state index in [2.05, 4.69) is 16.9 Å². The third kappa shape index (κ3) is 7.68. The summed E-state index contributed by atoms with van der Waals surface area (Å²) >= 11 is 0.741. The third-order valence-corrected chi connectivity index (χ3v) is 9.83. The molecule has 2 atom stereocenters. The lowest BCUT2D eigenvalue weighted by Gasteiger charge is -2.55. The number of carbonyl (C=O) groups is 4. The van der Waals surface area contributed by atoms with Gasteiger partial charge in [0.15, 0.2) is 5.78 Å². The predicted molar refractivity (Wildman–Crippen MR) is 197 cm³/mol. The lowest BCUT2D eigenvalue weighted by atomic mass is 9.98. The first-order valence-corrected chi connectivity index (χ1v) is 17.5. The highest BCUT2D eigenvalue weighted by atomic mass is 32.2. The van der Waals surface area contributed by atoms with E-state index in [0.717, 1.165) is 52.7 Å². The number of nitrogens with two attached hydrogens (primary N) is 1. The Kier molecular flexibility index (Phi) is 12.0. The summed E-state index contributed by atoms with van der Waals surface area (Å²) in [4.78, 5) is 62.2. The molecule has 1 saturated carbocycles. The van der Waals surface area contributed by atoms with E-state index in [0.29, 0.717) is 11.3 Å². The van der Waals surface area contributed by atoms with Crippen molar-refractivity contribution in [1.82, 2.24) is 30.1 Å². The standard InChI is InChI=1S/C37H39N7O5S.2H2O/c1-2-17-42-23-33(45)43-31(18-24-11-15-28(16-12-24)49-50-38)36(47)41(22-32(43)44(42)37(48)40-19-25-7-4-3-5-8-25)21-27-9-6-10-29-30(20-39-34(27)29)35(46)26-13-14-26;;/h2-12,15-16,20,26,31-32,39H,1,13-14,17-19,21-23,38H2,(H,40,48);2*1H2/t31-,32-;;/m0../s1. The number of benzene rings is 3. The van der Waals surface area contributed by atoms with E-state index < -0.39 is 12.2 Å². The Morgan fingerprint density at radius 2 is 1.75 bits per heavy atom. The summed E-state index contributed by atoms with van der Waals surface area (Å²) < 4.78 is 5.32. The molecule has 0 bridgehead atoms. The quantitative estimate of drug-likeness (QED) is 0.0853. The number of hydrogen-bond acceptors (Lipinski definition) is 8. The summed E-state index contributed by atoms with van der Waals surface area (Å²) in [7, 11) is 0. The summed E-state index contributed by atoms with van der Waals surface area (Å²) in [5, 5.41) is 12.6. The Morgan fingerprint density at radius 1 is 1.00 bits per heavy atom. The van der Waals surface area contributed by atoms with Crippen LogP contribution in [0.2, 0.25) is 0 Å². The van der Waals surface area contributed by atoms with Gasteiger partial charge in [0.1, 0.15) is 30.2 Å². The van der Waals surface area contributed by atoms with E-state index in [9.17, 15) is 19.2 Å². The zero-order valence-electron chi connectivity index (χ0n) is 28.5. The number of nitrogens with zero attached hydrogens (tertiary/aromatic N) is 4. The largest absolute Gasteiger partial charge is 0.412 e. The summed E-state index contributed by atoms with van der Waals surface area (Å²) in [5.74, 6) is 0.289. The molecule has 2 aliphatic heterocycles. The van der Waals surface area contributed by atoms with Crippen molar-refractivity contribution in [3.05, 3.63) is 114 Å². The number of hydrogen-bond donors (Lipinski definition) is 3. The van der Waals surface area contributed by atoms with Gasteiger partial charge >= 0.3 is 6.03 Å². The van der Waals surface area contributed by atoms with Crippen molar-refractivity contribution in [2.75, 3.05) is 19.6 Å². The molecule has 0 radical (unpaired) electrons. The third-order valence-electron chi connectivity index (χ3n) is 9.54. The van der Waals surface area contributed by atoms with Gasteiger partial charge in [0.05, 0.1) is 18.6 Å². The van der Waals surface area contributed by atoms with Gasteiger partial charge in [0, 0.05) is 49.1 Å². The molecule has 1 aliphatic carbocycles. The van der Waals surface area contributed by atoms with Crippen molar-refractivity contribution in [3.63, 3.8) is 0 Å². The average Bonchev–Trinajstić information content (AvgIpc) is 3.88. The number of Topliss-reactive ketones (excluding diaryl/α,β-unsaturated/α-hetero) is 1. The maximum absolute atomic E-state index is 14.5. The molecule has 14 nitrogen and oxygen atoms in total. The Labute approximate surface area is 305 Å². The second-order valence-electron chi connectivity index (χ2n) is 12.8. The van der Waals surface area contributed by atoms with Gasteiger partial charge < -0.3 is 35.2 Å². The fourth-order valence-corrected chi connectivity index (χ4v) is 7.20. The maximum atomic E-state index is 14.5. The van der Waals surface area contributed by atoms with Crippen LogP contribution in [0.4, 0.5) is 4.79 Å². The minimum Gasteiger partial charge on any atom is -0.412 e. The molecule has 15 heteroatoms. The number of hydrazine groups is 1. The van der Waals surface area contributed by atoms with E-state index in [1.54, 1.807) is 44.2 Å². The number of fused-ring (bicyclic) bond motifs is 2. The topological polar surface area (TPSA) is 207 Å². The first kappa shape index (κ1) is 38.1. The van der Waals surface area contributed by atoms with E-state index in [-0.39, 0.29) is 79.6 Å². The minimum atomic E-state index is -0.887. The van der Waals surface area contributed by atoms with Crippen molar-refractivity contribution in [2.45, 2.75) is 44.6 Å². The van der Waals surface area contributed by atoms with Crippen molar-refractivity contribution in [3.8, 4) is 5.75 Å². The van der Waals surface area contributed by atoms with Crippen molar-refractivity contribution in [2.24, 2.45) is 11.1 Å². The molecule has 8 N–H and O–H groups in total. The molecule has 4 amide bonds. The highest BCUT2D eigenvalue weighted by Gasteiger charge is 2.51. The molecule has 7 rings (SSSR count). The summed E-state index contributed by atoms with van der Waals surface area (Å²) in [6, 6.07) is 21.3. The van der Waals surface area contributed by atoms with Crippen LogP contribution >= 0.6 is 12.2 Å². The highest BCUT2D eigenvalue weighted by molar-refractivity contribution is 7.92. The molecule has 3 fully saturated rings. The molecule has 52 heavy (non-hydrogen) atoms. The van der Waals surface area contributed by atoms with Gasteiger partial charge in [-0.25, -0.2) is 20.0 Å². The second kappa shape index (κ2) is 16.4. The molecule has 3 aromatic carbocycles. The van der Waals surface area contributed by atoms with Gasteiger partial charge in [-0.15, -0.1) is 6.58 Å². The lowest BCUT2D eigenvalue weighted by Crippen LogP contribution is -2.76. The average molecular weight is 730 g/mol. The first-order chi connectivity index (χ1) is 24.4. The van der Waals surface area contributed by atoms with Gasteiger partial charge in [-0.2, -0.15) is 0 Å². The fourth-order valence-electron chi connectivity index (χ4n) is 6.98. The molecule has 1 aromatic heterocycles. The number of nitrogens with one attached hydrogen (secondary N) is 2. The number of para-hydroxylation sites is 1. The monoisotopic (exact) mass is 729 g/mol. The molecule has 4 aromatic rings. The number of urea groups is 1. The Bertz CT molecular complexity index is 1920. The molecule has 2 saturated heterocycles. The normalized spacial score (nSPS) is 18.7. The maximum Gasteiger partial charge on any atom is 0.334 e. The van der Waals surface area contributed by atoms with Crippen molar-refractivity contribution < 1.29 is 34.3 Å². The fraction of sp³-hybridized carbons (Fsp3) is 0.297. The van der Waals surface area contributed by atoms with E-state index in [4.69, 9.17) is 9.32 Å². The number of amides is 4. The van der Waals surface area contributed by atoms with Crippen LogP contribution in [0.15, 0.2) is 91.6 Å². The first-order valence-electron chi connectivity index (χ1n) is 16.7. The number of aromatic amines is 1. The number of carbonyl (C=O) groups excluding carboxylic acids is 4. The Morgan fingerprint density at radius 3 is 2.44 bits per heavy atom. The van der Waals surface area contributed by atoms with Crippen LogP contribution in [0, 0.1) is 5.92 Å². The number of H-pyrrole nitrogens is 1. The lowest BCUT2D eigenvalue weighted by molar-refractivity contribution is -0.189. The van der Waals surface area contributed by atoms with Gasteiger partial charge in [-0.3, -0.25) is 14.4 Å². The van der Waals surface area contributed by atoms with Gasteiger partial charge in [-0.1, -0.05) is 66.7 Å². The van der Waals surface area contributed by atoms with Crippen LogP contribution < -0.4 is 14.6 Å². The molecular weight excluding hydrogens is 687 g/mol. The molecule has 0 unspecified atom stereocenters. The predicted octanol–water partition coefficient (Wildman–Crippen LogP) is 2.75. The second-order valence-corrected chi connectivity index (χ2v) is 13.2. The zero-order chi connectivity index (χ0) is 34.8.